The average molecular weight is 348 g/mol. The second-order valence-electron chi connectivity index (χ2n) is 5.60. The van der Waals surface area contributed by atoms with Crippen LogP contribution in [0.25, 0.3) is 0 Å². The predicted octanol–water partition coefficient (Wildman–Crippen LogP) is 0.537. The minimum atomic E-state index is -0.975. The minimum Gasteiger partial charge on any atom is -0.368 e. The third-order valence-electron chi connectivity index (χ3n) is 3.46. The molecular weight excluding hydrogens is 327 g/mol. The number of nitriles is 1. The first-order valence-electron chi connectivity index (χ1n) is 7.81. The molecule has 0 saturated heterocycles. The van der Waals surface area contributed by atoms with Gasteiger partial charge in [0.15, 0.2) is 0 Å². The van der Waals surface area contributed by atoms with Crippen LogP contribution in [0.3, 0.4) is 0 Å². The van der Waals surface area contributed by atoms with E-state index in [1.807, 2.05) is 6.07 Å². The summed E-state index contributed by atoms with van der Waals surface area (Å²) in [4.78, 5) is 35.2. The summed E-state index contributed by atoms with van der Waals surface area (Å²) in [5, 5.41) is 13.5. The molecule has 7 nitrogen and oxygen atoms in total. The van der Waals surface area contributed by atoms with Crippen LogP contribution < -0.4 is 16.4 Å². The van der Waals surface area contributed by atoms with Gasteiger partial charge in [-0.1, -0.05) is 12.1 Å². The monoisotopic (exact) mass is 348 g/mol. The van der Waals surface area contributed by atoms with E-state index in [-0.39, 0.29) is 19.3 Å². The minimum absolute atomic E-state index is 0.0624. The second-order valence-corrected chi connectivity index (χ2v) is 5.60. The summed E-state index contributed by atoms with van der Waals surface area (Å²) in [6.45, 7) is 1.25. The average Bonchev–Trinajstić information content (AvgIpc) is 2.52. The topological polar surface area (TPSA) is 125 Å². The number of primary amides is 1. The maximum Gasteiger partial charge on any atom is 0.243 e. The molecule has 0 aliphatic heterocycles. The van der Waals surface area contributed by atoms with Gasteiger partial charge in [-0.15, -0.1) is 0 Å². The zero-order valence-corrected chi connectivity index (χ0v) is 13.9. The standard InChI is InChI=1S/C17H21FN4O3/c1-11(23)21-15(10-12-5-4-6-13(18)9-12)17(25)22-14(16(20)24)7-2-3-8-19/h4-6,9,14-15H,2-3,7,10H2,1H3,(H2,20,24)(H,21,23)(H,22,25)/t14-,15+/m0/s1. The molecule has 0 heterocycles. The Labute approximate surface area is 145 Å². The van der Waals surface area contributed by atoms with Gasteiger partial charge in [0.2, 0.25) is 17.7 Å². The van der Waals surface area contributed by atoms with Crippen LogP contribution in [0.2, 0.25) is 0 Å². The highest BCUT2D eigenvalue weighted by Crippen LogP contribution is 2.08. The number of hydrogen-bond acceptors (Lipinski definition) is 4. The fourth-order valence-electron chi connectivity index (χ4n) is 2.30. The van der Waals surface area contributed by atoms with Gasteiger partial charge in [0.25, 0.3) is 0 Å². The Kier molecular flexibility index (Phi) is 8.06. The van der Waals surface area contributed by atoms with Crippen LogP contribution in [0, 0.1) is 17.1 Å². The molecule has 1 aromatic carbocycles. The number of benzene rings is 1. The Morgan fingerprint density at radius 2 is 2.00 bits per heavy atom. The summed E-state index contributed by atoms with van der Waals surface area (Å²) in [5.41, 5.74) is 5.79. The van der Waals surface area contributed by atoms with E-state index in [2.05, 4.69) is 10.6 Å². The molecule has 0 radical (unpaired) electrons. The smallest absolute Gasteiger partial charge is 0.243 e. The Morgan fingerprint density at radius 3 is 2.56 bits per heavy atom. The number of unbranched alkanes of at least 4 members (excludes halogenated alkanes) is 1. The van der Waals surface area contributed by atoms with Gasteiger partial charge in [0.05, 0.1) is 6.07 Å². The maximum atomic E-state index is 13.3. The molecule has 0 aliphatic carbocycles. The van der Waals surface area contributed by atoms with Crippen LogP contribution in [0.5, 0.6) is 0 Å². The lowest BCUT2D eigenvalue weighted by molar-refractivity contribution is -0.130. The van der Waals surface area contributed by atoms with Gasteiger partial charge in [-0.2, -0.15) is 5.26 Å². The highest BCUT2D eigenvalue weighted by molar-refractivity contribution is 5.91. The van der Waals surface area contributed by atoms with Gasteiger partial charge in [-0.3, -0.25) is 14.4 Å². The summed E-state index contributed by atoms with van der Waals surface area (Å²) in [5.74, 6) is -2.21. The van der Waals surface area contributed by atoms with Crippen molar-refractivity contribution in [2.24, 2.45) is 5.73 Å². The quantitative estimate of drug-likeness (QED) is 0.563. The Hall–Kier alpha value is -2.95. The van der Waals surface area contributed by atoms with E-state index in [4.69, 9.17) is 11.0 Å². The molecule has 0 aliphatic rings. The van der Waals surface area contributed by atoms with Gasteiger partial charge in [0.1, 0.15) is 17.9 Å². The van der Waals surface area contributed by atoms with Crippen molar-refractivity contribution >= 4 is 17.7 Å². The number of halogens is 1. The molecule has 0 bridgehead atoms. The number of carbonyl (C=O) groups is 3. The Balaban J connectivity index is 2.82. The van der Waals surface area contributed by atoms with Crippen molar-refractivity contribution in [1.29, 1.82) is 5.26 Å². The number of nitrogens with zero attached hydrogens (tertiary/aromatic N) is 1. The normalized spacial score (nSPS) is 12.5. The second kappa shape index (κ2) is 10.0. The van der Waals surface area contributed by atoms with Crippen LogP contribution in [-0.2, 0) is 20.8 Å². The molecule has 0 unspecified atom stereocenters. The SMILES string of the molecule is CC(=O)N[C@H](Cc1cccc(F)c1)C(=O)N[C@@H](CCCC#N)C(N)=O. The largest absolute Gasteiger partial charge is 0.368 e. The van der Waals surface area contributed by atoms with Crippen molar-refractivity contribution in [3.8, 4) is 6.07 Å². The van der Waals surface area contributed by atoms with Crippen molar-refractivity contribution in [2.75, 3.05) is 0 Å². The number of rotatable bonds is 9. The van der Waals surface area contributed by atoms with E-state index in [0.717, 1.165) is 0 Å². The lowest BCUT2D eigenvalue weighted by Gasteiger charge is -2.21. The first kappa shape index (κ1) is 20.1. The summed E-state index contributed by atoms with van der Waals surface area (Å²) >= 11 is 0. The number of carbonyl (C=O) groups excluding carboxylic acids is 3. The van der Waals surface area contributed by atoms with Gasteiger partial charge in [0, 0.05) is 19.8 Å². The lowest BCUT2D eigenvalue weighted by atomic mass is 10.0. The van der Waals surface area contributed by atoms with Gasteiger partial charge in [-0.25, -0.2) is 4.39 Å². The van der Waals surface area contributed by atoms with Crippen molar-refractivity contribution in [1.82, 2.24) is 10.6 Å². The fourth-order valence-corrected chi connectivity index (χ4v) is 2.30. The summed E-state index contributed by atoms with van der Waals surface area (Å²) < 4.78 is 13.3. The molecule has 4 N–H and O–H groups in total. The molecule has 0 aromatic heterocycles. The number of nitrogens with two attached hydrogens (primary N) is 1. The van der Waals surface area contributed by atoms with Crippen molar-refractivity contribution in [3.63, 3.8) is 0 Å². The highest BCUT2D eigenvalue weighted by atomic mass is 19.1. The van der Waals surface area contributed by atoms with Crippen molar-refractivity contribution in [3.05, 3.63) is 35.6 Å². The van der Waals surface area contributed by atoms with Crippen LogP contribution >= 0.6 is 0 Å². The van der Waals surface area contributed by atoms with Crippen LogP contribution in [0.15, 0.2) is 24.3 Å². The molecule has 0 fully saturated rings. The first-order valence-corrected chi connectivity index (χ1v) is 7.81. The number of nitrogens with one attached hydrogen (secondary N) is 2. The van der Waals surface area contributed by atoms with E-state index in [0.29, 0.717) is 12.0 Å². The molecular formula is C17H21FN4O3. The molecule has 1 aromatic rings. The molecule has 1 rings (SSSR count). The molecule has 8 heteroatoms. The van der Waals surface area contributed by atoms with Gasteiger partial charge >= 0.3 is 0 Å². The lowest BCUT2D eigenvalue weighted by Crippen LogP contribution is -2.53. The van der Waals surface area contributed by atoms with Crippen LogP contribution in [0.4, 0.5) is 4.39 Å². The fraction of sp³-hybridized carbons (Fsp3) is 0.412. The first-order chi connectivity index (χ1) is 11.8. The summed E-state index contributed by atoms with van der Waals surface area (Å²) in [7, 11) is 0. The van der Waals surface area contributed by atoms with Crippen LogP contribution in [0.1, 0.15) is 31.7 Å². The molecule has 3 amide bonds. The third kappa shape index (κ3) is 7.44. The van der Waals surface area contributed by atoms with E-state index >= 15 is 0 Å². The van der Waals surface area contributed by atoms with E-state index in [9.17, 15) is 18.8 Å². The van der Waals surface area contributed by atoms with Gasteiger partial charge in [-0.05, 0) is 30.5 Å². The van der Waals surface area contributed by atoms with E-state index < -0.39 is 35.6 Å². The summed E-state index contributed by atoms with van der Waals surface area (Å²) in [6, 6.07) is 5.70. The van der Waals surface area contributed by atoms with E-state index in [1.54, 1.807) is 6.07 Å². The van der Waals surface area contributed by atoms with Crippen LogP contribution in [-0.4, -0.2) is 29.8 Å². The Morgan fingerprint density at radius 1 is 1.28 bits per heavy atom. The van der Waals surface area contributed by atoms with Crippen molar-refractivity contribution in [2.45, 2.75) is 44.7 Å². The Bertz CT molecular complexity index is 672. The maximum absolute atomic E-state index is 13.3. The zero-order valence-electron chi connectivity index (χ0n) is 13.9. The number of hydrogen-bond donors (Lipinski definition) is 3. The molecule has 0 spiro atoms. The third-order valence-corrected chi connectivity index (χ3v) is 3.46. The highest BCUT2D eigenvalue weighted by Gasteiger charge is 2.25. The zero-order chi connectivity index (χ0) is 18.8. The molecule has 2 atom stereocenters. The van der Waals surface area contributed by atoms with E-state index in [1.165, 1.54) is 25.1 Å². The van der Waals surface area contributed by atoms with Gasteiger partial charge < -0.3 is 16.4 Å². The molecule has 0 saturated carbocycles. The van der Waals surface area contributed by atoms with Crippen molar-refractivity contribution < 1.29 is 18.8 Å². The number of amides is 3. The summed E-state index contributed by atoms with van der Waals surface area (Å²) in [6.07, 6.45) is 0.922. The predicted molar refractivity (Wildman–Crippen MR) is 88.3 cm³/mol. The molecule has 25 heavy (non-hydrogen) atoms. The molecule has 134 valence electrons.